The zero-order valence-electron chi connectivity index (χ0n) is 19.8. The highest BCUT2D eigenvalue weighted by Crippen LogP contribution is 2.33. The lowest BCUT2D eigenvalue weighted by Gasteiger charge is -2.22. The van der Waals surface area contributed by atoms with Gasteiger partial charge in [0, 0.05) is 44.8 Å². The minimum Gasteiger partial charge on any atom is -0.394 e. The Labute approximate surface area is 199 Å². The van der Waals surface area contributed by atoms with E-state index >= 15 is 0 Å². The smallest absolute Gasteiger partial charge is 0.133 e. The first-order valence-corrected chi connectivity index (χ1v) is 12.2. The molecule has 2 rings (SSSR count). The van der Waals surface area contributed by atoms with Crippen LogP contribution in [0.4, 0.5) is 0 Å². The molecule has 2 fully saturated rings. The molecule has 10 heteroatoms. The number of carbonyl (C=O) groups excluding carboxylic acids is 2. The Morgan fingerprint density at radius 1 is 0.970 bits per heavy atom. The van der Waals surface area contributed by atoms with E-state index in [9.17, 15) is 30.0 Å². The van der Waals surface area contributed by atoms with E-state index in [0.717, 1.165) is 12.8 Å². The summed E-state index contributed by atoms with van der Waals surface area (Å²) in [6, 6.07) is -0.464. The maximum atomic E-state index is 12.6. The molecule has 4 N–H and O–H groups in total. The van der Waals surface area contributed by atoms with Gasteiger partial charge in [-0.15, -0.1) is 0 Å². The Bertz CT molecular complexity index is 619. The quantitative estimate of drug-likeness (QED) is 0.198. The summed E-state index contributed by atoms with van der Waals surface area (Å²) in [4.78, 5) is 24.3. The molecule has 2 heterocycles. The van der Waals surface area contributed by atoms with Crippen LogP contribution >= 0.6 is 0 Å². The van der Waals surface area contributed by atoms with E-state index < -0.39 is 30.4 Å². The van der Waals surface area contributed by atoms with Gasteiger partial charge in [-0.05, 0) is 45.4 Å². The lowest BCUT2D eigenvalue weighted by molar-refractivity contribution is -0.121. The van der Waals surface area contributed by atoms with Crippen LogP contribution in [0.3, 0.4) is 0 Å². The number of ketones is 2. The fourth-order valence-electron chi connectivity index (χ4n) is 5.33. The summed E-state index contributed by atoms with van der Waals surface area (Å²) in [5.74, 6) is -0.304. The van der Waals surface area contributed by atoms with Crippen molar-refractivity contribution in [1.29, 1.82) is 0 Å². The third kappa shape index (κ3) is 8.15. The van der Waals surface area contributed by atoms with Crippen molar-refractivity contribution < 1.29 is 39.5 Å². The van der Waals surface area contributed by atoms with Gasteiger partial charge in [0.1, 0.15) is 23.8 Å². The standard InChI is InChI=1S/C23H39B2O8/c1-13(28)9-15(7-8-18-22(31)20(12-27)33-23(18)25-24)10-16(29)5-3-4-6-17-14(2)32-19(11-26)21(17)30/h14-15,17-23,26-27,30-31H,3-12H2,1-2H3/t14-,15?,17+,18-,19+,20+,21?,22?,23+/m0/s1. The second kappa shape index (κ2) is 14.0. The van der Waals surface area contributed by atoms with Gasteiger partial charge in [-0.2, -0.15) is 0 Å². The summed E-state index contributed by atoms with van der Waals surface area (Å²) in [7, 11) is 7.01. The first-order chi connectivity index (χ1) is 15.7. The summed E-state index contributed by atoms with van der Waals surface area (Å²) in [5, 5.41) is 39.2. The molecule has 0 aliphatic carbocycles. The summed E-state index contributed by atoms with van der Waals surface area (Å²) >= 11 is 0. The number of hydrogen-bond donors (Lipinski definition) is 4. The topological polar surface area (TPSA) is 134 Å². The van der Waals surface area contributed by atoms with E-state index in [2.05, 4.69) is 0 Å². The van der Waals surface area contributed by atoms with Gasteiger partial charge in [-0.25, -0.2) is 0 Å². The third-order valence-corrected chi connectivity index (χ3v) is 7.18. The molecule has 0 amide bonds. The Balaban J connectivity index is 1.77. The maximum Gasteiger partial charge on any atom is 0.133 e. The molecule has 0 spiro atoms. The Kier molecular flexibility index (Phi) is 12.0. The highest BCUT2D eigenvalue weighted by atomic mass is 16.5. The molecule has 33 heavy (non-hydrogen) atoms. The molecule has 0 aromatic heterocycles. The van der Waals surface area contributed by atoms with E-state index in [1.807, 2.05) is 6.92 Å². The third-order valence-electron chi connectivity index (χ3n) is 7.18. The maximum absolute atomic E-state index is 12.6. The van der Waals surface area contributed by atoms with Crippen LogP contribution < -0.4 is 0 Å². The fourth-order valence-corrected chi connectivity index (χ4v) is 5.33. The molecule has 185 valence electrons. The minimum atomic E-state index is -0.837. The lowest BCUT2D eigenvalue weighted by atomic mass is 9.49. The van der Waals surface area contributed by atoms with Gasteiger partial charge in [0.15, 0.2) is 0 Å². The largest absolute Gasteiger partial charge is 0.394 e. The van der Waals surface area contributed by atoms with Crippen LogP contribution in [0.25, 0.3) is 0 Å². The molecule has 3 unspecified atom stereocenters. The van der Waals surface area contributed by atoms with Crippen molar-refractivity contribution in [2.24, 2.45) is 17.8 Å². The molecule has 0 bridgehead atoms. The van der Waals surface area contributed by atoms with E-state index in [-0.39, 0.29) is 48.6 Å². The van der Waals surface area contributed by atoms with Gasteiger partial charge in [0.2, 0.25) is 0 Å². The first kappa shape index (κ1) is 28.5. The number of unbranched alkanes of at least 4 members (excludes halogenated alkanes) is 1. The van der Waals surface area contributed by atoms with Crippen LogP contribution in [0.2, 0.25) is 0 Å². The molecular formula is C23H39B2O8. The van der Waals surface area contributed by atoms with Crippen molar-refractivity contribution in [3.8, 4) is 0 Å². The molecular weight excluding hydrogens is 426 g/mol. The van der Waals surface area contributed by atoms with Crippen LogP contribution in [0.1, 0.15) is 65.2 Å². The molecule has 0 aromatic rings. The van der Waals surface area contributed by atoms with Gasteiger partial charge in [0.05, 0.1) is 38.7 Å². The predicted octanol–water partition coefficient (Wildman–Crippen LogP) is 0.120. The van der Waals surface area contributed by atoms with Crippen LogP contribution in [0.5, 0.6) is 0 Å². The van der Waals surface area contributed by atoms with Crippen molar-refractivity contribution in [2.75, 3.05) is 13.2 Å². The normalized spacial score (nSPS) is 35.0. The predicted molar refractivity (Wildman–Crippen MR) is 124 cm³/mol. The molecule has 8 nitrogen and oxygen atoms in total. The van der Waals surface area contributed by atoms with Crippen LogP contribution in [0, 0.1) is 17.8 Å². The average Bonchev–Trinajstić information content (AvgIpc) is 3.23. The van der Waals surface area contributed by atoms with Crippen molar-refractivity contribution >= 4 is 26.5 Å². The molecule has 9 atom stereocenters. The van der Waals surface area contributed by atoms with Crippen molar-refractivity contribution in [1.82, 2.24) is 0 Å². The number of hydrogen-bond acceptors (Lipinski definition) is 8. The van der Waals surface area contributed by atoms with Crippen LogP contribution in [-0.4, -0.2) is 96.6 Å². The molecule has 0 saturated carbocycles. The van der Waals surface area contributed by atoms with Gasteiger partial charge in [-0.1, -0.05) is 6.42 Å². The van der Waals surface area contributed by atoms with Crippen molar-refractivity contribution in [3.63, 3.8) is 0 Å². The zero-order valence-corrected chi connectivity index (χ0v) is 19.8. The number of Topliss-reactive ketones (excluding diaryl/α,β-unsaturated/α-hetero) is 2. The summed E-state index contributed by atoms with van der Waals surface area (Å²) in [6.45, 7) is 2.91. The Morgan fingerprint density at radius 2 is 1.61 bits per heavy atom. The SMILES string of the molecule is [B][B][C@@H]1O[C@H](CO)C(O)[C@@H]1CCC(CC(C)=O)CC(=O)CCCC[C@H]1C(O)[C@@H](CO)O[C@H]1C. The average molecular weight is 465 g/mol. The number of carbonyl (C=O) groups is 2. The fraction of sp³-hybridized carbons (Fsp3) is 0.913. The van der Waals surface area contributed by atoms with Crippen LogP contribution in [-0.2, 0) is 19.1 Å². The number of aliphatic hydroxyl groups is 4. The van der Waals surface area contributed by atoms with E-state index in [0.29, 0.717) is 38.5 Å². The first-order valence-electron chi connectivity index (χ1n) is 12.2. The Hall–Kier alpha value is -0.770. The highest BCUT2D eigenvalue weighted by Gasteiger charge is 2.42. The minimum absolute atomic E-state index is 0.0221. The number of ether oxygens (including phenoxy) is 2. The highest BCUT2D eigenvalue weighted by molar-refractivity contribution is 6.90. The Morgan fingerprint density at radius 3 is 2.18 bits per heavy atom. The van der Waals surface area contributed by atoms with Crippen molar-refractivity contribution in [2.45, 2.75) is 102 Å². The van der Waals surface area contributed by atoms with Crippen molar-refractivity contribution in [3.05, 3.63) is 0 Å². The summed E-state index contributed by atoms with van der Waals surface area (Å²) in [6.07, 6.45) is 1.51. The molecule has 3 radical (unpaired) electrons. The number of rotatable bonds is 15. The number of aliphatic hydroxyl groups excluding tert-OH is 4. The molecule has 0 aromatic carbocycles. The monoisotopic (exact) mass is 465 g/mol. The van der Waals surface area contributed by atoms with Crippen LogP contribution in [0.15, 0.2) is 0 Å². The zero-order chi connectivity index (χ0) is 24.5. The van der Waals surface area contributed by atoms with E-state index in [4.69, 9.17) is 17.2 Å². The molecule has 2 aliphatic heterocycles. The van der Waals surface area contributed by atoms with Gasteiger partial charge < -0.3 is 34.7 Å². The van der Waals surface area contributed by atoms with Gasteiger partial charge in [0.25, 0.3) is 0 Å². The summed E-state index contributed by atoms with van der Waals surface area (Å²) < 4.78 is 11.1. The van der Waals surface area contributed by atoms with Gasteiger partial charge in [-0.3, -0.25) is 4.79 Å². The second-order valence-corrected chi connectivity index (χ2v) is 9.72. The van der Waals surface area contributed by atoms with E-state index in [1.165, 1.54) is 14.1 Å². The molecule has 2 saturated heterocycles. The second-order valence-electron chi connectivity index (χ2n) is 9.72. The molecule has 2 aliphatic rings. The summed E-state index contributed by atoms with van der Waals surface area (Å²) in [5.41, 5.74) is 0. The lowest BCUT2D eigenvalue weighted by Crippen LogP contribution is -2.31. The van der Waals surface area contributed by atoms with E-state index in [1.54, 1.807) is 0 Å². The van der Waals surface area contributed by atoms with Gasteiger partial charge >= 0.3 is 0 Å².